The maximum absolute atomic E-state index is 12.0. The zero-order valence-electron chi connectivity index (χ0n) is 11.5. The Bertz CT molecular complexity index is 432. The van der Waals surface area contributed by atoms with Gasteiger partial charge in [0.15, 0.2) is 0 Å². The van der Waals surface area contributed by atoms with Crippen LogP contribution in [0.2, 0.25) is 0 Å². The highest BCUT2D eigenvalue weighted by Gasteiger charge is 2.17. The van der Waals surface area contributed by atoms with Gasteiger partial charge in [0.1, 0.15) is 0 Å². The van der Waals surface area contributed by atoms with E-state index in [1.165, 1.54) is 9.80 Å². The van der Waals surface area contributed by atoms with Crippen LogP contribution < -0.4 is 0 Å². The van der Waals surface area contributed by atoms with Gasteiger partial charge < -0.3 is 14.9 Å². The van der Waals surface area contributed by atoms with Crippen LogP contribution in [0.5, 0.6) is 0 Å². The molecule has 104 valence electrons. The van der Waals surface area contributed by atoms with Crippen LogP contribution in [0.15, 0.2) is 30.3 Å². The first-order chi connectivity index (χ1) is 8.91. The molecule has 0 saturated carbocycles. The van der Waals surface area contributed by atoms with E-state index in [-0.39, 0.29) is 24.9 Å². The van der Waals surface area contributed by atoms with Gasteiger partial charge in [-0.3, -0.25) is 9.59 Å². The molecule has 1 rings (SSSR count). The first kappa shape index (κ1) is 15.2. The number of benzene rings is 1. The molecule has 1 aromatic rings. The Morgan fingerprint density at radius 2 is 1.74 bits per heavy atom. The predicted octanol–water partition coefficient (Wildman–Crippen LogP) is 0.598. The molecule has 1 aromatic carbocycles. The van der Waals surface area contributed by atoms with E-state index < -0.39 is 6.10 Å². The molecule has 5 heteroatoms. The Morgan fingerprint density at radius 3 is 2.26 bits per heavy atom. The van der Waals surface area contributed by atoms with Gasteiger partial charge in [-0.2, -0.15) is 0 Å². The van der Waals surface area contributed by atoms with Gasteiger partial charge >= 0.3 is 0 Å². The Labute approximate surface area is 113 Å². The Morgan fingerprint density at radius 1 is 1.16 bits per heavy atom. The molecular formula is C14H20N2O3. The lowest BCUT2D eigenvalue weighted by Crippen LogP contribution is -2.41. The monoisotopic (exact) mass is 264 g/mol. The number of rotatable bonds is 5. The standard InChI is InChI=1S/C14H20N2O3/c1-11(17)9-15(2)13(18)10-16(3)14(19)12-7-5-4-6-8-12/h4-8,11,17H,9-10H2,1-3H3. The average Bonchev–Trinajstić information content (AvgIpc) is 2.37. The second-order valence-electron chi connectivity index (χ2n) is 4.65. The van der Waals surface area contributed by atoms with Crippen LogP contribution in [0.1, 0.15) is 17.3 Å². The van der Waals surface area contributed by atoms with Gasteiger partial charge in [0, 0.05) is 26.2 Å². The molecule has 0 aromatic heterocycles. The van der Waals surface area contributed by atoms with E-state index in [9.17, 15) is 14.7 Å². The molecular weight excluding hydrogens is 244 g/mol. The lowest BCUT2D eigenvalue weighted by atomic mass is 10.2. The quantitative estimate of drug-likeness (QED) is 0.847. The van der Waals surface area contributed by atoms with Crippen molar-refractivity contribution in [3.63, 3.8) is 0 Å². The van der Waals surface area contributed by atoms with E-state index in [2.05, 4.69) is 0 Å². The molecule has 1 atom stereocenters. The molecule has 0 spiro atoms. The largest absolute Gasteiger partial charge is 0.392 e. The van der Waals surface area contributed by atoms with Crippen LogP contribution in [-0.2, 0) is 4.79 Å². The topological polar surface area (TPSA) is 60.9 Å². The van der Waals surface area contributed by atoms with Crippen LogP contribution >= 0.6 is 0 Å². The summed E-state index contributed by atoms with van der Waals surface area (Å²) in [6.07, 6.45) is -0.580. The third kappa shape index (κ3) is 4.71. The van der Waals surface area contributed by atoms with Gasteiger partial charge in [0.25, 0.3) is 5.91 Å². The zero-order chi connectivity index (χ0) is 14.4. The van der Waals surface area contributed by atoms with E-state index in [1.807, 2.05) is 6.07 Å². The average molecular weight is 264 g/mol. The van der Waals surface area contributed by atoms with Gasteiger partial charge in [-0.05, 0) is 19.1 Å². The van der Waals surface area contributed by atoms with Gasteiger partial charge in [0.05, 0.1) is 12.6 Å². The minimum absolute atomic E-state index is 0.00303. The predicted molar refractivity (Wildman–Crippen MR) is 72.7 cm³/mol. The third-order valence-electron chi connectivity index (χ3n) is 2.70. The van der Waals surface area contributed by atoms with Crippen molar-refractivity contribution in [1.82, 2.24) is 9.80 Å². The third-order valence-corrected chi connectivity index (χ3v) is 2.70. The van der Waals surface area contributed by atoms with Crippen molar-refractivity contribution < 1.29 is 14.7 Å². The summed E-state index contributed by atoms with van der Waals surface area (Å²) in [7, 11) is 3.19. The van der Waals surface area contributed by atoms with Crippen LogP contribution in [0, 0.1) is 0 Å². The van der Waals surface area contributed by atoms with E-state index in [4.69, 9.17) is 0 Å². The summed E-state index contributed by atoms with van der Waals surface area (Å²) < 4.78 is 0. The molecule has 0 aliphatic rings. The molecule has 0 saturated heterocycles. The van der Waals surface area contributed by atoms with Crippen LogP contribution in [-0.4, -0.2) is 60.0 Å². The highest BCUT2D eigenvalue weighted by Crippen LogP contribution is 2.03. The molecule has 1 unspecified atom stereocenters. The second-order valence-corrected chi connectivity index (χ2v) is 4.65. The van der Waals surface area contributed by atoms with Crippen molar-refractivity contribution in [2.75, 3.05) is 27.2 Å². The summed E-state index contributed by atoms with van der Waals surface area (Å²) in [5.41, 5.74) is 0.552. The summed E-state index contributed by atoms with van der Waals surface area (Å²) in [5.74, 6) is -0.396. The number of likely N-dealkylation sites (N-methyl/N-ethyl adjacent to an activating group) is 2. The fraction of sp³-hybridized carbons (Fsp3) is 0.429. The Hall–Kier alpha value is -1.88. The van der Waals surface area contributed by atoms with Crippen molar-refractivity contribution in [1.29, 1.82) is 0 Å². The van der Waals surface area contributed by atoms with Crippen molar-refractivity contribution in [3.8, 4) is 0 Å². The van der Waals surface area contributed by atoms with E-state index in [1.54, 1.807) is 45.3 Å². The number of hydrogen-bond acceptors (Lipinski definition) is 3. The molecule has 0 fully saturated rings. The van der Waals surface area contributed by atoms with Crippen molar-refractivity contribution in [2.24, 2.45) is 0 Å². The molecule has 0 aliphatic heterocycles. The van der Waals surface area contributed by atoms with Crippen LogP contribution in [0.3, 0.4) is 0 Å². The lowest BCUT2D eigenvalue weighted by Gasteiger charge is -2.23. The minimum Gasteiger partial charge on any atom is -0.392 e. The van der Waals surface area contributed by atoms with E-state index in [0.717, 1.165) is 0 Å². The number of aliphatic hydroxyl groups is 1. The number of hydrogen-bond donors (Lipinski definition) is 1. The number of aliphatic hydroxyl groups excluding tert-OH is 1. The first-order valence-electron chi connectivity index (χ1n) is 6.14. The molecule has 5 nitrogen and oxygen atoms in total. The molecule has 2 amide bonds. The van der Waals surface area contributed by atoms with Crippen LogP contribution in [0.4, 0.5) is 0 Å². The summed E-state index contributed by atoms with van der Waals surface area (Å²) in [5, 5.41) is 9.22. The lowest BCUT2D eigenvalue weighted by molar-refractivity contribution is -0.131. The van der Waals surface area contributed by atoms with Crippen molar-refractivity contribution in [3.05, 3.63) is 35.9 Å². The molecule has 0 aliphatic carbocycles. The Kier molecular flexibility index (Phi) is 5.51. The molecule has 0 radical (unpaired) electrons. The summed E-state index contributed by atoms with van der Waals surface area (Å²) in [6, 6.07) is 8.81. The van der Waals surface area contributed by atoms with Crippen molar-refractivity contribution >= 4 is 11.8 Å². The smallest absolute Gasteiger partial charge is 0.254 e. The van der Waals surface area contributed by atoms with Gasteiger partial charge in [0.2, 0.25) is 5.91 Å². The van der Waals surface area contributed by atoms with Crippen LogP contribution in [0.25, 0.3) is 0 Å². The summed E-state index contributed by atoms with van der Waals surface area (Å²) >= 11 is 0. The van der Waals surface area contributed by atoms with E-state index >= 15 is 0 Å². The maximum atomic E-state index is 12.0. The molecule has 1 N–H and O–H groups in total. The number of carbonyl (C=O) groups excluding carboxylic acids is 2. The van der Waals surface area contributed by atoms with Crippen molar-refractivity contribution in [2.45, 2.75) is 13.0 Å². The number of amides is 2. The zero-order valence-corrected chi connectivity index (χ0v) is 11.5. The fourth-order valence-electron chi connectivity index (χ4n) is 1.69. The molecule has 19 heavy (non-hydrogen) atoms. The van der Waals surface area contributed by atoms with Gasteiger partial charge in [-0.1, -0.05) is 18.2 Å². The summed E-state index contributed by atoms with van der Waals surface area (Å²) in [6.45, 7) is 1.87. The number of carbonyl (C=O) groups is 2. The fourth-order valence-corrected chi connectivity index (χ4v) is 1.69. The molecule has 0 heterocycles. The van der Waals surface area contributed by atoms with Gasteiger partial charge in [-0.25, -0.2) is 0 Å². The van der Waals surface area contributed by atoms with Gasteiger partial charge in [-0.15, -0.1) is 0 Å². The second kappa shape index (κ2) is 6.89. The SMILES string of the molecule is CC(O)CN(C)C(=O)CN(C)C(=O)c1ccccc1. The highest BCUT2D eigenvalue weighted by atomic mass is 16.3. The Balaban J connectivity index is 2.57. The van der Waals surface area contributed by atoms with E-state index in [0.29, 0.717) is 5.56 Å². The maximum Gasteiger partial charge on any atom is 0.254 e. The summed E-state index contributed by atoms with van der Waals surface area (Å²) in [4.78, 5) is 26.7. The minimum atomic E-state index is -0.580. The molecule has 0 bridgehead atoms. The normalized spacial score (nSPS) is 11.8. The first-order valence-corrected chi connectivity index (χ1v) is 6.14. The number of nitrogens with zero attached hydrogens (tertiary/aromatic N) is 2. The highest BCUT2D eigenvalue weighted by molar-refractivity contribution is 5.96.